The van der Waals surface area contributed by atoms with Crippen LogP contribution in [0.1, 0.15) is 245 Å². The smallest absolute Gasteiger partial charge is 0.306 e. The van der Waals surface area contributed by atoms with Crippen molar-refractivity contribution in [2.24, 2.45) is 0 Å². The molecule has 63 heavy (non-hydrogen) atoms. The molecular formula is C54H104NO7P. The minimum Gasteiger partial charge on any atom is -0.756 e. The Labute approximate surface area is 391 Å². The van der Waals surface area contributed by atoms with E-state index in [2.05, 4.69) is 50.3 Å². The molecule has 0 heterocycles. The molecule has 0 aromatic heterocycles. The summed E-state index contributed by atoms with van der Waals surface area (Å²) in [6, 6.07) is 0. The van der Waals surface area contributed by atoms with Gasteiger partial charge in [0.25, 0.3) is 7.82 Å². The van der Waals surface area contributed by atoms with Gasteiger partial charge in [0.2, 0.25) is 0 Å². The van der Waals surface area contributed by atoms with Crippen LogP contribution in [0.2, 0.25) is 0 Å². The number of likely N-dealkylation sites (N-methyl/N-ethyl adjacent to an activating group) is 1. The zero-order valence-electron chi connectivity index (χ0n) is 42.3. The van der Waals surface area contributed by atoms with Gasteiger partial charge in [0.05, 0.1) is 34.4 Å². The highest BCUT2D eigenvalue weighted by molar-refractivity contribution is 7.45. The largest absolute Gasteiger partial charge is 0.756 e. The lowest BCUT2D eigenvalue weighted by Crippen LogP contribution is -2.37. The van der Waals surface area contributed by atoms with E-state index in [9.17, 15) is 14.3 Å². The van der Waals surface area contributed by atoms with Crippen LogP contribution in [-0.2, 0) is 27.9 Å². The lowest BCUT2D eigenvalue weighted by atomic mass is 10.0. The zero-order chi connectivity index (χ0) is 46.2. The SMILES string of the molecule is CCCCCCC/C=C\C/C=C\C/C=C\CCCCCCCCCCCOCC(COP(=O)([O-])OCC[N+](C)(C)C)OC(=O)CCCCCCCCCCCCCCCCCCC. The summed E-state index contributed by atoms with van der Waals surface area (Å²) in [4.78, 5) is 25.2. The van der Waals surface area contributed by atoms with Gasteiger partial charge < -0.3 is 27.9 Å². The van der Waals surface area contributed by atoms with Gasteiger partial charge in [-0.05, 0) is 51.4 Å². The first-order chi connectivity index (χ1) is 30.6. The minimum atomic E-state index is -4.53. The molecule has 9 heteroatoms. The fourth-order valence-corrected chi connectivity index (χ4v) is 8.28. The number of carbonyl (C=O) groups excluding carboxylic acids is 1. The molecule has 0 aliphatic carbocycles. The van der Waals surface area contributed by atoms with E-state index in [4.69, 9.17) is 18.5 Å². The lowest BCUT2D eigenvalue weighted by Gasteiger charge is -2.28. The molecule has 0 aromatic rings. The van der Waals surface area contributed by atoms with Crippen molar-refractivity contribution >= 4 is 13.8 Å². The number of hydrogen-bond acceptors (Lipinski definition) is 7. The molecule has 0 N–H and O–H groups in total. The molecule has 2 unspecified atom stereocenters. The molecule has 0 bridgehead atoms. The number of unbranched alkanes of at least 4 members (excludes halogenated alkanes) is 30. The number of ether oxygens (including phenoxy) is 2. The minimum absolute atomic E-state index is 0.0262. The molecule has 0 aliphatic heterocycles. The molecular weight excluding hydrogens is 806 g/mol. The maximum absolute atomic E-state index is 12.7. The van der Waals surface area contributed by atoms with Gasteiger partial charge in [-0.1, -0.05) is 224 Å². The van der Waals surface area contributed by atoms with Crippen LogP contribution in [0, 0.1) is 0 Å². The molecule has 372 valence electrons. The first kappa shape index (κ1) is 61.7. The van der Waals surface area contributed by atoms with Gasteiger partial charge >= 0.3 is 5.97 Å². The van der Waals surface area contributed by atoms with Gasteiger partial charge in [-0.3, -0.25) is 9.36 Å². The topological polar surface area (TPSA) is 94.1 Å². The number of hydrogen-bond donors (Lipinski definition) is 0. The van der Waals surface area contributed by atoms with Crippen molar-refractivity contribution in [2.45, 2.75) is 251 Å². The van der Waals surface area contributed by atoms with E-state index in [1.807, 2.05) is 21.1 Å². The third-order valence-electron chi connectivity index (χ3n) is 11.7. The molecule has 0 aromatic carbocycles. The Morgan fingerprint density at radius 1 is 0.492 bits per heavy atom. The average Bonchev–Trinajstić information content (AvgIpc) is 3.24. The first-order valence-corrected chi connectivity index (χ1v) is 28.2. The van der Waals surface area contributed by atoms with Gasteiger partial charge in [0.15, 0.2) is 0 Å². The van der Waals surface area contributed by atoms with Crippen molar-refractivity contribution < 1.29 is 37.3 Å². The Bertz CT molecular complexity index is 1100. The number of esters is 1. The van der Waals surface area contributed by atoms with Crippen molar-refractivity contribution in [3.8, 4) is 0 Å². The summed E-state index contributed by atoms with van der Waals surface area (Å²) in [6.45, 7) is 5.43. The summed E-state index contributed by atoms with van der Waals surface area (Å²) in [5.41, 5.74) is 0. The van der Waals surface area contributed by atoms with Gasteiger partial charge in [-0.25, -0.2) is 0 Å². The number of quaternary nitrogens is 1. The zero-order valence-corrected chi connectivity index (χ0v) is 43.2. The summed E-state index contributed by atoms with van der Waals surface area (Å²) in [6.07, 6.45) is 57.4. The number of rotatable bonds is 50. The predicted octanol–water partition coefficient (Wildman–Crippen LogP) is 15.9. The number of nitrogens with zero attached hydrogens (tertiary/aromatic N) is 1. The molecule has 0 fully saturated rings. The number of allylic oxidation sites excluding steroid dienone is 6. The molecule has 0 saturated heterocycles. The molecule has 0 amide bonds. The highest BCUT2D eigenvalue weighted by Gasteiger charge is 2.20. The van der Waals surface area contributed by atoms with E-state index >= 15 is 0 Å². The molecule has 0 spiro atoms. The van der Waals surface area contributed by atoms with E-state index in [0.29, 0.717) is 24.1 Å². The highest BCUT2D eigenvalue weighted by Crippen LogP contribution is 2.38. The van der Waals surface area contributed by atoms with E-state index in [0.717, 1.165) is 44.9 Å². The van der Waals surface area contributed by atoms with Crippen molar-refractivity contribution in [3.05, 3.63) is 36.5 Å². The maximum Gasteiger partial charge on any atom is 0.306 e. The lowest BCUT2D eigenvalue weighted by molar-refractivity contribution is -0.870. The van der Waals surface area contributed by atoms with Gasteiger partial charge in [0, 0.05) is 13.0 Å². The van der Waals surface area contributed by atoms with Crippen molar-refractivity contribution in [1.82, 2.24) is 0 Å². The second-order valence-corrected chi connectivity index (χ2v) is 20.7. The van der Waals surface area contributed by atoms with Crippen LogP contribution in [0.15, 0.2) is 36.5 Å². The third-order valence-corrected chi connectivity index (χ3v) is 12.7. The first-order valence-electron chi connectivity index (χ1n) is 26.7. The van der Waals surface area contributed by atoms with E-state index in [1.54, 1.807) is 0 Å². The van der Waals surface area contributed by atoms with Crippen molar-refractivity contribution in [1.29, 1.82) is 0 Å². The van der Waals surface area contributed by atoms with Crippen LogP contribution in [-0.4, -0.2) is 70.7 Å². The molecule has 2 atom stereocenters. The number of carbonyl (C=O) groups is 1. The quantitative estimate of drug-likeness (QED) is 0.0197. The van der Waals surface area contributed by atoms with Crippen LogP contribution < -0.4 is 4.89 Å². The Morgan fingerprint density at radius 3 is 1.30 bits per heavy atom. The number of phosphoric acid groups is 1. The predicted molar refractivity (Wildman–Crippen MR) is 268 cm³/mol. The van der Waals surface area contributed by atoms with Crippen molar-refractivity contribution in [3.63, 3.8) is 0 Å². The van der Waals surface area contributed by atoms with Crippen LogP contribution in [0.4, 0.5) is 0 Å². The summed E-state index contributed by atoms with van der Waals surface area (Å²) >= 11 is 0. The fourth-order valence-electron chi connectivity index (χ4n) is 7.56. The van der Waals surface area contributed by atoms with E-state index in [-0.39, 0.29) is 25.8 Å². The third kappa shape index (κ3) is 51.6. The summed E-state index contributed by atoms with van der Waals surface area (Å²) in [5, 5.41) is 0. The van der Waals surface area contributed by atoms with Gasteiger partial charge in [-0.15, -0.1) is 0 Å². The monoisotopic (exact) mass is 910 g/mol. The maximum atomic E-state index is 12.7. The fraction of sp³-hybridized carbons (Fsp3) is 0.870. The molecule has 0 aliphatic rings. The standard InChI is InChI=1S/C54H104NO7P/c1-6-8-10-12-14-16-18-20-22-24-25-26-27-28-29-30-32-34-36-38-40-42-44-46-49-59-51-53(52-61-63(57,58)60-50-48-55(3,4)5)62-54(56)47-45-43-41-39-37-35-33-31-23-21-19-17-15-13-11-9-7-2/h18,20,24-25,27-28,53H,6-17,19,21-23,26,29-52H2,1-5H3/b20-18-,25-24-,28-27-. The second kappa shape index (κ2) is 47.2. The van der Waals surface area contributed by atoms with Crippen LogP contribution in [0.5, 0.6) is 0 Å². The second-order valence-electron chi connectivity index (χ2n) is 19.2. The Kier molecular flexibility index (Phi) is 46.3. The summed E-state index contributed by atoms with van der Waals surface area (Å²) in [7, 11) is 1.36. The Hall–Kier alpha value is -1.28. The van der Waals surface area contributed by atoms with E-state index in [1.165, 1.54) is 180 Å². The van der Waals surface area contributed by atoms with Gasteiger partial charge in [-0.2, -0.15) is 0 Å². The summed E-state index contributed by atoms with van der Waals surface area (Å²) in [5.74, 6) is -0.332. The Balaban J connectivity index is 4.11. The van der Waals surface area contributed by atoms with Crippen LogP contribution in [0.3, 0.4) is 0 Å². The molecule has 0 saturated carbocycles. The van der Waals surface area contributed by atoms with Crippen molar-refractivity contribution in [2.75, 3.05) is 54.1 Å². The number of phosphoric ester groups is 1. The summed E-state index contributed by atoms with van der Waals surface area (Å²) < 4.78 is 34.8. The van der Waals surface area contributed by atoms with Crippen LogP contribution >= 0.6 is 7.82 Å². The molecule has 8 nitrogen and oxygen atoms in total. The van der Waals surface area contributed by atoms with Gasteiger partial charge in [0.1, 0.15) is 19.3 Å². The molecule has 0 radical (unpaired) electrons. The normalized spacial score (nSPS) is 13.8. The van der Waals surface area contributed by atoms with Crippen LogP contribution in [0.25, 0.3) is 0 Å². The Morgan fingerprint density at radius 2 is 0.873 bits per heavy atom. The molecule has 0 rings (SSSR count). The average molecular weight is 910 g/mol. The highest BCUT2D eigenvalue weighted by atomic mass is 31.2. The van der Waals surface area contributed by atoms with E-state index < -0.39 is 13.9 Å².